The molecule has 0 bridgehead atoms. The van der Waals surface area contributed by atoms with Gasteiger partial charge >= 0.3 is 5.97 Å². The highest BCUT2D eigenvalue weighted by molar-refractivity contribution is 5.90. The van der Waals surface area contributed by atoms with Crippen LogP contribution in [0.2, 0.25) is 0 Å². The molecule has 0 saturated heterocycles. The zero-order valence-corrected chi connectivity index (χ0v) is 13.5. The van der Waals surface area contributed by atoms with Crippen molar-refractivity contribution in [2.45, 2.75) is 34.1 Å². The van der Waals surface area contributed by atoms with Crippen LogP contribution in [0.15, 0.2) is 5.10 Å². The summed E-state index contributed by atoms with van der Waals surface area (Å²) in [4.78, 5) is 18.3. The highest BCUT2D eigenvalue weighted by Crippen LogP contribution is 2.12. The number of esters is 1. The first-order valence-electron chi connectivity index (χ1n) is 6.90. The second-order valence-electron chi connectivity index (χ2n) is 4.91. The van der Waals surface area contributed by atoms with Gasteiger partial charge in [0.2, 0.25) is 5.95 Å². The first kappa shape index (κ1) is 16.9. The number of nitrogens with one attached hydrogen (secondary N) is 1. The van der Waals surface area contributed by atoms with E-state index in [1.54, 1.807) is 11.8 Å². The minimum absolute atomic E-state index is 0.00907. The average molecular weight is 293 g/mol. The van der Waals surface area contributed by atoms with Crippen molar-refractivity contribution >= 4 is 17.6 Å². The normalized spacial score (nSPS) is 10.2. The fourth-order valence-corrected chi connectivity index (χ4v) is 1.82. The van der Waals surface area contributed by atoms with Crippen molar-refractivity contribution in [3.63, 3.8) is 0 Å². The molecule has 0 aromatic carbocycles. The predicted molar refractivity (Wildman–Crippen MR) is 81.9 cm³/mol. The number of hydrogen-bond donors (Lipinski definition) is 1. The highest BCUT2D eigenvalue weighted by Gasteiger charge is 2.21. The smallest absolute Gasteiger partial charge is 0.343 e. The molecule has 0 aliphatic carbocycles. The second kappa shape index (κ2) is 7.01. The summed E-state index contributed by atoms with van der Waals surface area (Å²) in [5.74, 6) is -0.0269. The van der Waals surface area contributed by atoms with Gasteiger partial charge in [-0.15, -0.1) is 0 Å². The maximum atomic E-state index is 12.1. The Hall–Kier alpha value is -2.18. The van der Waals surface area contributed by atoms with Crippen molar-refractivity contribution < 1.29 is 9.53 Å². The Morgan fingerprint density at radius 1 is 1.38 bits per heavy atom. The van der Waals surface area contributed by atoms with Crippen molar-refractivity contribution in [1.82, 2.24) is 9.66 Å². The van der Waals surface area contributed by atoms with Crippen LogP contribution in [-0.4, -0.2) is 42.0 Å². The van der Waals surface area contributed by atoms with Crippen molar-refractivity contribution in [2.24, 2.45) is 5.10 Å². The van der Waals surface area contributed by atoms with Gasteiger partial charge in [-0.1, -0.05) is 6.92 Å². The van der Waals surface area contributed by atoms with E-state index in [2.05, 4.69) is 10.1 Å². The molecule has 7 nitrogen and oxygen atoms in total. The van der Waals surface area contributed by atoms with E-state index >= 15 is 0 Å². The van der Waals surface area contributed by atoms with Crippen LogP contribution in [0.1, 0.15) is 43.7 Å². The molecule has 0 fully saturated rings. The quantitative estimate of drug-likeness (QED) is 0.657. The molecule has 1 aromatic rings. The summed E-state index contributed by atoms with van der Waals surface area (Å²) in [6.07, 6.45) is 0.538. The number of anilines is 1. The molecule has 7 heteroatoms. The first-order valence-corrected chi connectivity index (χ1v) is 6.90. The average Bonchev–Trinajstić information content (AvgIpc) is 2.39. The van der Waals surface area contributed by atoms with Crippen LogP contribution in [0, 0.1) is 5.41 Å². The van der Waals surface area contributed by atoms with E-state index in [4.69, 9.17) is 10.1 Å². The molecule has 0 spiro atoms. The minimum atomic E-state index is -0.533. The van der Waals surface area contributed by atoms with Crippen molar-refractivity contribution in [3.05, 3.63) is 16.7 Å². The molecular weight excluding hydrogens is 270 g/mol. The molecule has 1 rings (SSSR count). The lowest BCUT2D eigenvalue weighted by Gasteiger charge is -2.19. The van der Waals surface area contributed by atoms with Crippen molar-refractivity contribution in [3.8, 4) is 0 Å². The lowest BCUT2D eigenvalue weighted by molar-refractivity contribution is 0.0521. The van der Waals surface area contributed by atoms with Crippen LogP contribution in [0.3, 0.4) is 0 Å². The van der Waals surface area contributed by atoms with Crippen LogP contribution in [-0.2, 0) is 11.2 Å². The monoisotopic (exact) mass is 293 g/mol. The SMILES string of the molecule is CCOC(=O)c1c(CC)nc(N(C)C)n(N=C(C)C)c1=N. The third kappa shape index (κ3) is 3.68. The zero-order chi connectivity index (χ0) is 16.2. The summed E-state index contributed by atoms with van der Waals surface area (Å²) < 4.78 is 6.40. The molecule has 21 heavy (non-hydrogen) atoms. The second-order valence-corrected chi connectivity index (χ2v) is 4.91. The number of nitrogens with zero attached hydrogens (tertiary/aromatic N) is 4. The molecule has 1 aromatic heterocycles. The molecule has 0 amide bonds. The fraction of sp³-hybridized carbons (Fsp3) is 0.571. The Bertz CT molecular complexity index is 613. The number of rotatable bonds is 5. The number of ether oxygens (including phenoxy) is 1. The minimum Gasteiger partial charge on any atom is -0.462 e. The summed E-state index contributed by atoms with van der Waals surface area (Å²) in [5, 5.41) is 12.6. The molecule has 0 aliphatic heterocycles. The van der Waals surface area contributed by atoms with Gasteiger partial charge in [0, 0.05) is 19.8 Å². The Morgan fingerprint density at radius 2 is 2.00 bits per heavy atom. The largest absolute Gasteiger partial charge is 0.462 e. The highest BCUT2D eigenvalue weighted by atomic mass is 16.5. The van der Waals surface area contributed by atoms with Gasteiger partial charge in [-0.05, 0) is 27.2 Å². The van der Waals surface area contributed by atoms with Crippen LogP contribution >= 0.6 is 0 Å². The van der Waals surface area contributed by atoms with Crippen LogP contribution < -0.4 is 10.4 Å². The summed E-state index contributed by atoms with van der Waals surface area (Å²) >= 11 is 0. The van der Waals surface area contributed by atoms with Crippen LogP contribution in [0.25, 0.3) is 0 Å². The number of aryl methyl sites for hydroxylation is 1. The van der Waals surface area contributed by atoms with E-state index in [1.165, 1.54) is 4.68 Å². The van der Waals surface area contributed by atoms with Gasteiger partial charge in [0.25, 0.3) is 0 Å². The number of aromatic nitrogens is 2. The van der Waals surface area contributed by atoms with Crippen LogP contribution in [0.5, 0.6) is 0 Å². The molecule has 0 unspecified atom stereocenters. The lowest BCUT2D eigenvalue weighted by atomic mass is 10.2. The molecule has 0 saturated carbocycles. The van der Waals surface area contributed by atoms with Crippen LogP contribution in [0.4, 0.5) is 5.95 Å². The van der Waals surface area contributed by atoms with Gasteiger partial charge < -0.3 is 9.64 Å². The fourth-order valence-electron chi connectivity index (χ4n) is 1.82. The molecule has 0 radical (unpaired) electrons. The molecule has 0 aliphatic rings. The van der Waals surface area contributed by atoms with E-state index in [0.717, 1.165) is 5.71 Å². The third-order valence-corrected chi connectivity index (χ3v) is 2.68. The molecule has 1 heterocycles. The Labute approximate surface area is 124 Å². The van der Waals surface area contributed by atoms with E-state index in [1.807, 2.05) is 34.9 Å². The van der Waals surface area contributed by atoms with Gasteiger partial charge in [-0.25, -0.2) is 9.78 Å². The molecule has 0 atom stereocenters. The summed E-state index contributed by atoms with van der Waals surface area (Å²) in [5.41, 5.74) is 1.47. The lowest BCUT2D eigenvalue weighted by Crippen LogP contribution is -2.33. The number of carbonyl (C=O) groups excluding carboxylic acids is 1. The van der Waals surface area contributed by atoms with Crippen molar-refractivity contribution in [1.29, 1.82) is 5.41 Å². The van der Waals surface area contributed by atoms with E-state index in [-0.39, 0.29) is 17.7 Å². The van der Waals surface area contributed by atoms with Gasteiger partial charge in [-0.3, -0.25) is 5.41 Å². The van der Waals surface area contributed by atoms with E-state index in [9.17, 15) is 4.79 Å². The predicted octanol–water partition coefficient (Wildman–Crippen LogP) is 1.41. The topological polar surface area (TPSA) is 83.6 Å². The first-order chi connectivity index (χ1) is 9.83. The standard InChI is InChI=1S/C14H23N5O2/c1-7-10-11(13(20)21-8-2)12(15)19(17-9(3)4)14(16-10)18(5)6/h15H,7-8H2,1-6H3. The van der Waals surface area contributed by atoms with Gasteiger partial charge in [0.05, 0.1) is 12.3 Å². The Kier molecular flexibility index (Phi) is 5.63. The Morgan fingerprint density at radius 3 is 2.43 bits per heavy atom. The summed E-state index contributed by atoms with van der Waals surface area (Å²) in [6, 6.07) is 0. The molecule has 116 valence electrons. The van der Waals surface area contributed by atoms with Gasteiger partial charge in [-0.2, -0.15) is 9.78 Å². The van der Waals surface area contributed by atoms with Gasteiger partial charge in [0.1, 0.15) is 5.56 Å². The summed E-state index contributed by atoms with van der Waals surface area (Å²) in [6.45, 7) is 7.53. The van der Waals surface area contributed by atoms with E-state index < -0.39 is 5.97 Å². The maximum absolute atomic E-state index is 12.1. The van der Waals surface area contributed by atoms with Crippen molar-refractivity contribution in [2.75, 3.05) is 25.6 Å². The number of carbonyl (C=O) groups is 1. The maximum Gasteiger partial charge on any atom is 0.343 e. The van der Waals surface area contributed by atoms with Gasteiger partial charge in [0.15, 0.2) is 5.49 Å². The number of hydrogen-bond acceptors (Lipinski definition) is 6. The Balaban J connectivity index is 3.70. The third-order valence-electron chi connectivity index (χ3n) is 2.68. The molecule has 1 N–H and O–H groups in total. The van der Waals surface area contributed by atoms with E-state index in [0.29, 0.717) is 18.1 Å². The molecular formula is C14H23N5O2. The summed E-state index contributed by atoms with van der Waals surface area (Å²) in [7, 11) is 3.64. The zero-order valence-electron chi connectivity index (χ0n) is 13.5.